The Hall–Kier alpha value is -1.43. The summed E-state index contributed by atoms with van der Waals surface area (Å²) in [5.41, 5.74) is 0.381. The van der Waals surface area contributed by atoms with Crippen LogP contribution in [0.2, 0.25) is 0 Å². The lowest BCUT2D eigenvalue weighted by Gasteiger charge is -2.18. The first-order valence-electron chi connectivity index (χ1n) is 6.55. The van der Waals surface area contributed by atoms with E-state index in [0.717, 1.165) is 22.7 Å². The molecular formula is C13H18N2O3S. The molecule has 6 heteroatoms. The van der Waals surface area contributed by atoms with E-state index in [-0.39, 0.29) is 6.54 Å². The third-order valence-corrected chi connectivity index (χ3v) is 4.52. The predicted molar refractivity (Wildman–Crippen MR) is 72.6 cm³/mol. The molecule has 1 fully saturated rings. The quantitative estimate of drug-likeness (QED) is 0.888. The van der Waals surface area contributed by atoms with E-state index in [1.54, 1.807) is 11.3 Å². The van der Waals surface area contributed by atoms with Gasteiger partial charge in [-0.3, -0.25) is 9.59 Å². The molecule has 0 radical (unpaired) electrons. The monoisotopic (exact) mass is 282 g/mol. The highest BCUT2D eigenvalue weighted by Crippen LogP contribution is 2.35. The Morgan fingerprint density at radius 2 is 2.05 bits per heavy atom. The van der Waals surface area contributed by atoms with Crippen molar-refractivity contribution in [2.24, 2.45) is 0 Å². The number of hydrogen-bond donors (Lipinski definition) is 2. The standard InChI is InChI=1S/C13H18N2O3S/c1-8-11(12(18)14-7-10(16)17)15-13(19-8)9-5-3-2-4-6-9/h9H,2-7H2,1H3,(H,14,18)(H,16,17). The molecule has 1 amide bonds. The van der Waals surface area contributed by atoms with Gasteiger partial charge in [0.15, 0.2) is 0 Å². The molecule has 0 unspecified atom stereocenters. The van der Waals surface area contributed by atoms with Crippen molar-refractivity contribution in [3.05, 3.63) is 15.6 Å². The molecule has 0 aromatic carbocycles. The number of amides is 1. The fourth-order valence-corrected chi connectivity index (χ4v) is 3.48. The first-order valence-corrected chi connectivity index (χ1v) is 7.37. The van der Waals surface area contributed by atoms with Gasteiger partial charge in [0.05, 0.1) is 5.01 Å². The molecule has 1 aliphatic carbocycles. The largest absolute Gasteiger partial charge is 0.480 e. The minimum absolute atomic E-state index is 0.367. The zero-order chi connectivity index (χ0) is 13.8. The second-order valence-corrected chi connectivity index (χ2v) is 6.10. The van der Waals surface area contributed by atoms with Crippen LogP contribution in [-0.4, -0.2) is 28.5 Å². The van der Waals surface area contributed by atoms with E-state index >= 15 is 0 Å². The minimum atomic E-state index is -1.05. The summed E-state index contributed by atoms with van der Waals surface area (Å²) in [5.74, 6) is -0.967. The Kier molecular flexibility index (Phi) is 4.52. The highest BCUT2D eigenvalue weighted by Gasteiger charge is 2.22. The number of thiazole rings is 1. The molecule has 1 aromatic heterocycles. The SMILES string of the molecule is Cc1sc(C2CCCCC2)nc1C(=O)NCC(=O)O. The van der Waals surface area contributed by atoms with Crippen LogP contribution >= 0.6 is 11.3 Å². The average Bonchev–Trinajstić information content (AvgIpc) is 2.79. The van der Waals surface area contributed by atoms with Crippen LogP contribution in [-0.2, 0) is 4.79 Å². The molecule has 0 atom stereocenters. The Labute approximate surface area is 116 Å². The lowest BCUT2D eigenvalue weighted by Crippen LogP contribution is -2.29. The number of nitrogens with zero attached hydrogens (tertiary/aromatic N) is 1. The normalized spacial score (nSPS) is 16.3. The van der Waals surface area contributed by atoms with Gasteiger partial charge in [-0.05, 0) is 19.8 Å². The van der Waals surface area contributed by atoms with Crippen molar-refractivity contribution >= 4 is 23.2 Å². The van der Waals surface area contributed by atoms with E-state index in [0.29, 0.717) is 11.6 Å². The zero-order valence-electron chi connectivity index (χ0n) is 10.9. The summed E-state index contributed by atoms with van der Waals surface area (Å²) in [5, 5.41) is 11.9. The molecule has 0 aliphatic heterocycles. The second-order valence-electron chi connectivity index (χ2n) is 4.87. The number of carboxylic acids is 1. The third-order valence-electron chi connectivity index (χ3n) is 3.38. The number of hydrogen-bond acceptors (Lipinski definition) is 4. The van der Waals surface area contributed by atoms with Crippen molar-refractivity contribution in [1.82, 2.24) is 10.3 Å². The number of rotatable bonds is 4. The van der Waals surface area contributed by atoms with E-state index < -0.39 is 11.9 Å². The highest BCUT2D eigenvalue weighted by atomic mass is 32.1. The molecule has 104 valence electrons. The maximum atomic E-state index is 11.8. The number of aliphatic carboxylic acids is 1. The fourth-order valence-electron chi connectivity index (χ4n) is 2.39. The number of nitrogens with one attached hydrogen (secondary N) is 1. The molecule has 2 N–H and O–H groups in total. The van der Waals surface area contributed by atoms with Gasteiger partial charge in [-0.15, -0.1) is 11.3 Å². The molecule has 0 saturated heterocycles. The molecule has 1 saturated carbocycles. The van der Waals surface area contributed by atoms with Gasteiger partial charge in [0.25, 0.3) is 5.91 Å². The second kappa shape index (κ2) is 6.14. The molecule has 2 rings (SSSR count). The number of carbonyl (C=O) groups excluding carboxylic acids is 1. The summed E-state index contributed by atoms with van der Waals surface area (Å²) >= 11 is 1.56. The lowest BCUT2D eigenvalue weighted by molar-refractivity contribution is -0.135. The third kappa shape index (κ3) is 3.53. The fraction of sp³-hybridized carbons (Fsp3) is 0.615. The predicted octanol–water partition coefficient (Wildman–Crippen LogP) is 2.31. The number of carboxylic acid groups (broad SMARTS) is 1. The summed E-state index contributed by atoms with van der Waals surface area (Å²) in [4.78, 5) is 27.6. The van der Waals surface area contributed by atoms with Crippen LogP contribution in [0.5, 0.6) is 0 Å². The Bertz CT molecular complexity index is 478. The molecule has 1 heterocycles. The summed E-state index contributed by atoms with van der Waals surface area (Å²) < 4.78 is 0. The van der Waals surface area contributed by atoms with Crippen molar-refractivity contribution < 1.29 is 14.7 Å². The van der Waals surface area contributed by atoms with Crippen molar-refractivity contribution in [1.29, 1.82) is 0 Å². The smallest absolute Gasteiger partial charge is 0.322 e. The number of aromatic nitrogens is 1. The summed E-state index contributed by atoms with van der Waals surface area (Å²) in [6, 6.07) is 0. The minimum Gasteiger partial charge on any atom is -0.480 e. The summed E-state index contributed by atoms with van der Waals surface area (Å²) in [6.45, 7) is 1.49. The summed E-state index contributed by atoms with van der Waals surface area (Å²) in [6.07, 6.45) is 6.02. The van der Waals surface area contributed by atoms with Gasteiger partial charge < -0.3 is 10.4 Å². The van der Waals surface area contributed by atoms with Gasteiger partial charge >= 0.3 is 5.97 Å². The first-order chi connectivity index (χ1) is 9.08. The number of aryl methyl sites for hydroxylation is 1. The molecule has 1 aliphatic rings. The van der Waals surface area contributed by atoms with Gasteiger partial charge in [-0.25, -0.2) is 4.98 Å². The molecule has 1 aromatic rings. The van der Waals surface area contributed by atoms with Crippen LogP contribution < -0.4 is 5.32 Å². The van der Waals surface area contributed by atoms with Gasteiger partial charge in [-0.1, -0.05) is 19.3 Å². The maximum absolute atomic E-state index is 11.8. The van der Waals surface area contributed by atoms with E-state index in [2.05, 4.69) is 10.3 Å². The van der Waals surface area contributed by atoms with Gasteiger partial charge in [0.1, 0.15) is 12.2 Å². The van der Waals surface area contributed by atoms with Crippen LogP contribution in [0.1, 0.15) is 58.4 Å². The van der Waals surface area contributed by atoms with E-state index in [9.17, 15) is 9.59 Å². The topological polar surface area (TPSA) is 79.3 Å². The van der Waals surface area contributed by atoms with E-state index in [4.69, 9.17) is 5.11 Å². The molecule has 0 bridgehead atoms. The van der Waals surface area contributed by atoms with E-state index in [1.807, 2.05) is 6.92 Å². The molecular weight excluding hydrogens is 264 g/mol. The Morgan fingerprint density at radius 1 is 1.37 bits per heavy atom. The molecule has 0 spiro atoms. The van der Waals surface area contributed by atoms with Gasteiger partial charge in [0, 0.05) is 10.8 Å². The van der Waals surface area contributed by atoms with Crippen molar-refractivity contribution in [2.75, 3.05) is 6.54 Å². The number of carbonyl (C=O) groups is 2. The van der Waals surface area contributed by atoms with Crippen LogP contribution in [0, 0.1) is 6.92 Å². The van der Waals surface area contributed by atoms with Gasteiger partial charge in [0.2, 0.25) is 0 Å². The molecule has 5 nitrogen and oxygen atoms in total. The van der Waals surface area contributed by atoms with Crippen LogP contribution in [0.25, 0.3) is 0 Å². The van der Waals surface area contributed by atoms with E-state index in [1.165, 1.54) is 19.3 Å². The first kappa shape index (κ1) is 14.0. The zero-order valence-corrected chi connectivity index (χ0v) is 11.8. The Balaban J connectivity index is 2.07. The van der Waals surface area contributed by atoms with Crippen molar-refractivity contribution in [3.63, 3.8) is 0 Å². The molecule has 19 heavy (non-hydrogen) atoms. The average molecular weight is 282 g/mol. The van der Waals surface area contributed by atoms with Crippen molar-refractivity contribution in [3.8, 4) is 0 Å². The highest BCUT2D eigenvalue weighted by molar-refractivity contribution is 7.12. The van der Waals surface area contributed by atoms with Crippen molar-refractivity contribution in [2.45, 2.75) is 44.9 Å². The van der Waals surface area contributed by atoms with Crippen LogP contribution in [0.3, 0.4) is 0 Å². The Morgan fingerprint density at radius 3 is 2.68 bits per heavy atom. The lowest BCUT2D eigenvalue weighted by atomic mass is 9.90. The van der Waals surface area contributed by atoms with Crippen LogP contribution in [0.15, 0.2) is 0 Å². The van der Waals surface area contributed by atoms with Crippen LogP contribution in [0.4, 0.5) is 0 Å². The van der Waals surface area contributed by atoms with Gasteiger partial charge in [-0.2, -0.15) is 0 Å². The summed E-state index contributed by atoms with van der Waals surface area (Å²) in [7, 11) is 0. The maximum Gasteiger partial charge on any atom is 0.322 e.